The Morgan fingerprint density at radius 1 is 1.17 bits per heavy atom. The molecule has 24 heavy (non-hydrogen) atoms. The van der Waals surface area contributed by atoms with E-state index >= 15 is 0 Å². The van der Waals surface area contributed by atoms with Crippen molar-refractivity contribution in [2.45, 2.75) is 39.3 Å². The minimum Gasteiger partial charge on any atom is -0.444 e. The van der Waals surface area contributed by atoms with Crippen LogP contribution < -0.4 is 10.6 Å². The molecule has 0 fully saturated rings. The number of nitrogens with one attached hydrogen (secondary N) is 2. The number of ether oxygens (including phenoxy) is 1. The number of hydrogen-bond donors (Lipinski definition) is 2. The number of carbonyl (C=O) groups excluding carboxylic acids is 1. The van der Waals surface area contributed by atoms with E-state index < -0.39 is 11.7 Å². The maximum absolute atomic E-state index is 11.5. The Balaban J connectivity index is 2.37. The molecule has 0 aliphatic heterocycles. The minimum absolute atomic E-state index is 0.00994. The molecule has 0 spiro atoms. The van der Waals surface area contributed by atoms with Gasteiger partial charge in [-0.15, -0.1) is 0 Å². The van der Waals surface area contributed by atoms with Crippen molar-refractivity contribution >= 4 is 40.9 Å². The molecule has 0 radical (unpaired) electrons. The van der Waals surface area contributed by atoms with Gasteiger partial charge in [-0.3, -0.25) is 0 Å². The largest absolute Gasteiger partial charge is 0.444 e. The highest BCUT2D eigenvalue weighted by Crippen LogP contribution is 2.35. The van der Waals surface area contributed by atoms with Crippen molar-refractivity contribution < 1.29 is 9.53 Å². The van der Waals surface area contributed by atoms with Crippen LogP contribution in [0.2, 0.25) is 15.1 Å². The molecule has 0 saturated heterocycles. The predicted octanol–water partition coefficient (Wildman–Crippen LogP) is 5.38. The molecule has 1 aromatic rings. The molecule has 0 saturated carbocycles. The van der Waals surface area contributed by atoms with E-state index in [1.165, 1.54) is 0 Å². The average Bonchev–Trinajstić information content (AvgIpc) is 2.46. The topological polar surface area (TPSA) is 50.4 Å². The Labute approximate surface area is 158 Å². The molecular weight excluding hydrogens is 371 g/mol. The summed E-state index contributed by atoms with van der Waals surface area (Å²) in [6.07, 6.45) is 3.33. The van der Waals surface area contributed by atoms with Crippen LogP contribution in [0.25, 0.3) is 0 Å². The first-order valence-corrected chi connectivity index (χ1v) is 8.74. The molecule has 4 nitrogen and oxygen atoms in total. The second-order valence-corrected chi connectivity index (χ2v) is 7.41. The van der Waals surface area contributed by atoms with Crippen LogP contribution in [0.15, 0.2) is 24.3 Å². The lowest BCUT2D eigenvalue weighted by Gasteiger charge is -2.19. The number of amides is 1. The second-order valence-electron chi connectivity index (χ2n) is 6.25. The van der Waals surface area contributed by atoms with E-state index in [-0.39, 0.29) is 6.04 Å². The zero-order valence-electron chi connectivity index (χ0n) is 14.3. The zero-order chi connectivity index (χ0) is 18.3. The number of rotatable bonds is 6. The number of benzene rings is 1. The molecule has 1 amide bonds. The van der Waals surface area contributed by atoms with Crippen molar-refractivity contribution in [2.75, 3.05) is 13.1 Å². The highest BCUT2D eigenvalue weighted by atomic mass is 35.5. The fraction of sp³-hybridized carbons (Fsp3) is 0.471. The summed E-state index contributed by atoms with van der Waals surface area (Å²) >= 11 is 18.2. The maximum Gasteiger partial charge on any atom is 0.407 e. The van der Waals surface area contributed by atoms with Crippen LogP contribution in [0.4, 0.5) is 4.79 Å². The molecule has 1 aromatic carbocycles. The van der Waals surface area contributed by atoms with Gasteiger partial charge >= 0.3 is 6.09 Å². The van der Waals surface area contributed by atoms with E-state index in [1.54, 1.807) is 6.07 Å². The molecule has 1 unspecified atom stereocenters. The molecule has 7 heteroatoms. The van der Waals surface area contributed by atoms with E-state index in [2.05, 4.69) is 10.6 Å². The zero-order valence-corrected chi connectivity index (χ0v) is 16.5. The van der Waals surface area contributed by atoms with Gasteiger partial charge in [-0.1, -0.05) is 53.0 Å². The van der Waals surface area contributed by atoms with Crippen LogP contribution >= 0.6 is 34.8 Å². The minimum atomic E-state index is -0.496. The fourth-order valence-corrected chi connectivity index (χ4v) is 2.56. The third-order valence-corrected chi connectivity index (χ3v) is 4.31. The summed E-state index contributed by atoms with van der Waals surface area (Å²) in [6, 6.07) is 3.59. The highest BCUT2D eigenvalue weighted by molar-refractivity contribution is 6.48. The summed E-state index contributed by atoms with van der Waals surface area (Å²) < 4.78 is 5.14. The van der Waals surface area contributed by atoms with Gasteiger partial charge in [-0.25, -0.2) is 4.79 Å². The van der Waals surface area contributed by atoms with Crippen molar-refractivity contribution in [3.63, 3.8) is 0 Å². The first kappa shape index (κ1) is 21.1. The number of hydrogen-bond acceptors (Lipinski definition) is 3. The first-order chi connectivity index (χ1) is 11.1. The second kappa shape index (κ2) is 9.52. The van der Waals surface area contributed by atoms with Gasteiger partial charge in [0.05, 0.1) is 15.1 Å². The van der Waals surface area contributed by atoms with Crippen LogP contribution in [0, 0.1) is 0 Å². The summed E-state index contributed by atoms with van der Waals surface area (Å²) in [5.74, 6) is 0. The quantitative estimate of drug-likeness (QED) is 0.504. The van der Waals surface area contributed by atoms with Gasteiger partial charge in [0.1, 0.15) is 5.60 Å². The summed E-state index contributed by atoms with van der Waals surface area (Å²) in [4.78, 5) is 11.5. The van der Waals surface area contributed by atoms with E-state index in [9.17, 15) is 4.79 Å². The van der Waals surface area contributed by atoms with Crippen molar-refractivity contribution in [1.82, 2.24) is 10.6 Å². The van der Waals surface area contributed by atoms with Crippen LogP contribution in [-0.4, -0.2) is 24.8 Å². The Morgan fingerprint density at radius 3 is 2.42 bits per heavy atom. The molecule has 0 aliphatic carbocycles. The lowest BCUT2D eigenvalue weighted by molar-refractivity contribution is 0.0534. The normalized spacial score (nSPS) is 13.1. The van der Waals surface area contributed by atoms with Gasteiger partial charge in [-0.05, 0) is 39.3 Å². The number of halogens is 3. The van der Waals surface area contributed by atoms with Gasteiger partial charge in [-0.2, -0.15) is 0 Å². The molecule has 0 aliphatic rings. The standard InChI is InChI=1S/C17H23Cl3N2O2/c1-11(12-7-8-13(18)15(20)14(12)19)21-9-5-6-10-22-16(23)24-17(2,3)4/h5-8,11,21H,9-10H2,1-4H3,(H,22,23)/b6-5+. The monoisotopic (exact) mass is 392 g/mol. The summed E-state index contributed by atoms with van der Waals surface area (Å²) in [6.45, 7) is 8.47. The summed E-state index contributed by atoms with van der Waals surface area (Å²) in [5, 5.41) is 7.21. The van der Waals surface area contributed by atoms with Gasteiger partial charge in [0.25, 0.3) is 0 Å². The molecule has 0 bridgehead atoms. The number of alkyl carbamates (subject to hydrolysis) is 1. The smallest absolute Gasteiger partial charge is 0.407 e. The van der Waals surface area contributed by atoms with Crippen molar-refractivity contribution in [2.24, 2.45) is 0 Å². The van der Waals surface area contributed by atoms with Crippen molar-refractivity contribution in [1.29, 1.82) is 0 Å². The molecule has 0 aromatic heterocycles. The van der Waals surface area contributed by atoms with Gasteiger partial charge in [0, 0.05) is 19.1 Å². The third kappa shape index (κ3) is 7.31. The Morgan fingerprint density at radius 2 is 1.79 bits per heavy atom. The molecule has 134 valence electrons. The lowest BCUT2D eigenvalue weighted by atomic mass is 10.1. The van der Waals surface area contributed by atoms with E-state index in [0.29, 0.717) is 28.2 Å². The Kier molecular flexibility index (Phi) is 8.37. The van der Waals surface area contributed by atoms with Crippen molar-refractivity contribution in [3.8, 4) is 0 Å². The Hall–Kier alpha value is -0.940. The predicted molar refractivity (Wildman–Crippen MR) is 101 cm³/mol. The SMILES string of the molecule is CC(NC/C=C/CNC(=O)OC(C)(C)C)c1ccc(Cl)c(Cl)c1Cl. The summed E-state index contributed by atoms with van der Waals surface area (Å²) in [5.41, 5.74) is 0.385. The molecule has 0 heterocycles. The molecular formula is C17H23Cl3N2O2. The van der Waals surface area contributed by atoms with Crippen LogP contribution in [0.3, 0.4) is 0 Å². The highest BCUT2D eigenvalue weighted by Gasteiger charge is 2.15. The van der Waals surface area contributed by atoms with Crippen molar-refractivity contribution in [3.05, 3.63) is 44.9 Å². The van der Waals surface area contributed by atoms with E-state index in [1.807, 2.05) is 45.9 Å². The van der Waals surface area contributed by atoms with Gasteiger partial charge < -0.3 is 15.4 Å². The van der Waals surface area contributed by atoms with E-state index in [4.69, 9.17) is 39.5 Å². The third-order valence-electron chi connectivity index (χ3n) is 3.00. The summed E-state index contributed by atoms with van der Waals surface area (Å²) in [7, 11) is 0. The van der Waals surface area contributed by atoms with Gasteiger partial charge in [0.15, 0.2) is 0 Å². The van der Waals surface area contributed by atoms with Crippen LogP contribution in [0.1, 0.15) is 39.3 Å². The molecule has 2 N–H and O–H groups in total. The average molecular weight is 394 g/mol. The molecule has 1 rings (SSSR count). The Bertz CT molecular complexity index is 598. The lowest BCUT2D eigenvalue weighted by Crippen LogP contribution is -2.32. The fourth-order valence-electron chi connectivity index (χ4n) is 1.85. The maximum atomic E-state index is 11.5. The van der Waals surface area contributed by atoms with E-state index in [0.717, 1.165) is 5.56 Å². The number of carbonyl (C=O) groups is 1. The molecule has 1 atom stereocenters. The van der Waals surface area contributed by atoms with Crippen LogP contribution in [0.5, 0.6) is 0 Å². The first-order valence-electron chi connectivity index (χ1n) is 7.60. The van der Waals surface area contributed by atoms with Gasteiger partial charge in [0.2, 0.25) is 0 Å². The van der Waals surface area contributed by atoms with Crippen LogP contribution in [-0.2, 0) is 4.74 Å².